The molecule has 0 saturated carbocycles. The Morgan fingerprint density at radius 1 is 1.12 bits per heavy atom. The predicted molar refractivity (Wildman–Crippen MR) is 65.3 cm³/mol. The van der Waals surface area contributed by atoms with Crippen LogP contribution in [0, 0.1) is 17.0 Å². The zero-order chi connectivity index (χ0) is 13.2. The standard InChI is InChI=1S/C13H18F2N2/c1-8(2)17(9(3)4)13(16)10-6-5-7-11(14)12(10)15/h5-9,16H,1-4H3. The molecule has 0 saturated heterocycles. The number of benzene rings is 1. The number of nitrogens with zero attached hydrogens (tertiary/aromatic N) is 1. The van der Waals surface area contributed by atoms with Gasteiger partial charge in [0, 0.05) is 12.1 Å². The minimum Gasteiger partial charge on any atom is -0.352 e. The predicted octanol–water partition coefficient (Wildman–Crippen LogP) is 3.41. The highest BCUT2D eigenvalue weighted by Crippen LogP contribution is 2.17. The van der Waals surface area contributed by atoms with E-state index in [1.54, 1.807) is 4.90 Å². The van der Waals surface area contributed by atoms with E-state index in [2.05, 4.69) is 0 Å². The summed E-state index contributed by atoms with van der Waals surface area (Å²) in [5.74, 6) is -1.85. The lowest BCUT2D eigenvalue weighted by atomic mass is 10.1. The van der Waals surface area contributed by atoms with Crippen molar-refractivity contribution in [1.82, 2.24) is 4.90 Å². The van der Waals surface area contributed by atoms with Crippen LogP contribution in [0.1, 0.15) is 33.3 Å². The number of halogens is 2. The maximum absolute atomic E-state index is 13.6. The van der Waals surface area contributed by atoms with Gasteiger partial charge in [-0.25, -0.2) is 8.78 Å². The smallest absolute Gasteiger partial charge is 0.169 e. The monoisotopic (exact) mass is 240 g/mol. The Kier molecular flexibility index (Phi) is 4.21. The van der Waals surface area contributed by atoms with Gasteiger partial charge in [-0.15, -0.1) is 0 Å². The molecule has 1 N–H and O–H groups in total. The minimum atomic E-state index is -0.955. The van der Waals surface area contributed by atoms with Gasteiger partial charge in [-0.05, 0) is 39.8 Å². The van der Waals surface area contributed by atoms with Crippen LogP contribution in [0.15, 0.2) is 18.2 Å². The first-order valence-electron chi connectivity index (χ1n) is 5.67. The first-order valence-corrected chi connectivity index (χ1v) is 5.67. The molecular formula is C13H18F2N2. The topological polar surface area (TPSA) is 27.1 Å². The number of amidine groups is 1. The number of nitrogens with one attached hydrogen (secondary N) is 1. The molecule has 0 aliphatic rings. The van der Waals surface area contributed by atoms with E-state index in [4.69, 9.17) is 5.41 Å². The summed E-state index contributed by atoms with van der Waals surface area (Å²) in [6.45, 7) is 7.69. The molecule has 0 amide bonds. The van der Waals surface area contributed by atoms with Gasteiger partial charge in [-0.3, -0.25) is 5.41 Å². The van der Waals surface area contributed by atoms with Crippen molar-refractivity contribution in [2.24, 2.45) is 0 Å². The molecule has 1 rings (SSSR count). The summed E-state index contributed by atoms with van der Waals surface area (Å²) in [5.41, 5.74) is 0.00685. The number of rotatable bonds is 3. The summed E-state index contributed by atoms with van der Waals surface area (Å²) >= 11 is 0. The molecule has 0 bridgehead atoms. The van der Waals surface area contributed by atoms with E-state index in [0.717, 1.165) is 6.07 Å². The Bertz CT molecular complexity index is 406. The molecule has 0 aromatic heterocycles. The van der Waals surface area contributed by atoms with Gasteiger partial charge < -0.3 is 4.90 Å². The molecule has 4 heteroatoms. The summed E-state index contributed by atoms with van der Waals surface area (Å²) in [5, 5.41) is 8.00. The third-order valence-corrected chi connectivity index (χ3v) is 2.58. The molecule has 0 unspecified atom stereocenters. The zero-order valence-corrected chi connectivity index (χ0v) is 10.6. The van der Waals surface area contributed by atoms with Crippen molar-refractivity contribution < 1.29 is 8.78 Å². The molecule has 0 aliphatic heterocycles. The van der Waals surface area contributed by atoms with E-state index in [1.807, 2.05) is 27.7 Å². The summed E-state index contributed by atoms with van der Waals surface area (Å²) in [6.07, 6.45) is 0. The lowest BCUT2D eigenvalue weighted by Crippen LogP contribution is -2.42. The van der Waals surface area contributed by atoms with Gasteiger partial charge in [0.1, 0.15) is 5.84 Å². The minimum absolute atomic E-state index is 0.00685. The van der Waals surface area contributed by atoms with Crippen LogP contribution in [0.25, 0.3) is 0 Å². The van der Waals surface area contributed by atoms with E-state index in [1.165, 1.54) is 12.1 Å². The quantitative estimate of drug-likeness (QED) is 0.636. The second-order valence-corrected chi connectivity index (χ2v) is 4.54. The average molecular weight is 240 g/mol. The van der Waals surface area contributed by atoms with Crippen LogP contribution in [-0.4, -0.2) is 22.8 Å². The normalized spacial score (nSPS) is 11.1. The molecule has 1 aromatic rings. The molecule has 17 heavy (non-hydrogen) atoms. The Hall–Kier alpha value is -1.45. The van der Waals surface area contributed by atoms with E-state index in [-0.39, 0.29) is 23.5 Å². The SMILES string of the molecule is CC(C)N(C(=N)c1cccc(F)c1F)C(C)C. The third-order valence-electron chi connectivity index (χ3n) is 2.58. The highest BCUT2D eigenvalue weighted by atomic mass is 19.2. The molecule has 2 nitrogen and oxygen atoms in total. The van der Waals surface area contributed by atoms with Gasteiger partial charge in [0.05, 0.1) is 5.56 Å². The van der Waals surface area contributed by atoms with Crippen LogP contribution in [-0.2, 0) is 0 Å². The van der Waals surface area contributed by atoms with Crippen molar-refractivity contribution in [3.63, 3.8) is 0 Å². The van der Waals surface area contributed by atoms with Crippen molar-refractivity contribution in [2.75, 3.05) is 0 Å². The Labute approximate surface area is 101 Å². The average Bonchev–Trinajstić information content (AvgIpc) is 2.20. The third kappa shape index (κ3) is 2.81. The summed E-state index contributed by atoms with van der Waals surface area (Å²) in [6, 6.07) is 4.02. The van der Waals surface area contributed by atoms with Crippen LogP contribution in [0.5, 0.6) is 0 Å². The fraction of sp³-hybridized carbons (Fsp3) is 0.462. The fourth-order valence-electron chi connectivity index (χ4n) is 1.94. The molecule has 1 aromatic carbocycles. The Balaban J connectivity index is 3.15. The summed E-state index contributed by atoms with van der Waals surface area (Å²) in [7, 11) is 0. The van der Waals surface area contributed by atoms with Gasteiger partial charge in [0.25, 0.3) is 0 Å². The largest absolute Gasteiger partial charge is 0.352 e. The van der Waals surface area contributed by atoms with E-state index < -0.39 is 11.6 Å². The molecule has 0 fully saturated rings. The van der Waals surface area contributed by atoms with Crippen LogP contribution < -0.4 is 0 Å². The second-order valence-electron chi connectivity index (χ2n) is 4.54. The molecule has 94 valence electrons. The molecule has 0 aliphatic carbocycles. The van der Waals surface area contributed by atoms with Gasteiger partial charge in [0.15, 0.2) is 11.6 Å². The summed E-state index contributed by atoms with van der Waals surface area (Å²) < 4.78 is 26.7. The lowest BCUT2D eigenvalue weighted by Gasteiger charge is -2.33. The van der Waals surface area contributed by atoms with Crippen molar-refractivity contribution in [1.29, 1.82) is 5.41 Å². The highest BCUT2D eigenvalue weighted by molar-refractivity contribution is 5.97. The van der Waals surface area contributed by atoms with Crippen molar-refractivity contribution in [3.8, 4) is 0 Å². The maximum Gasteiger partial charge on any atom is 0.169 e. The van der Waals surface area contributed by atoms with Gasteiger partial charge >= 0.3 is 0 Å². The maximum atomic E-state index is 13.6. The van der Waals surface area contributed by atoms with Crippen LogP contribution in [0.3, 0.4) is 0 Å². The van der Waals surface area contributed by atoms with E-state index >= 15 is 0 Å². The zero-order valence-electron chi connectivity index (χ0n) is 10.6. The molecule has 0 radical (unpaired) electrons. The van der Waals surface area contributed by atoms with Gasteiger partial charge in [0.2, 0.25) is 0 Å². The number of hydrogen-bond acceptors (Lipinski definition) is 1. The van der Waals surface area contributed by atoms with Gasteiger partial charge in [-0.2, -0.15) is 0 Å². The second kappa shape index (κ2) is 5.25. The lowest BCUT2D eigenvalue weighted by molar-refractivity contribution is 0.290. The Morgan fingerprint density at radius 3 is 2.12 bits per heavy atom. The first kappa shape index (κ1) is 13.6. The van der Waals surface area contributed by atoms with E-state index in [9.17, 15) is 8.78 Å². The van der Waals surface area contributed by atoms with E-state index in [0.29, 0.717) is 0 Å². The van der Waals surface area contributed by atoms with Crippen LogP contribution >= 0.6 is 0 Å². The fourth-order valence-corrected chi connectivity index (χ4v) is 1.94. The van der Waals surface area contributed by atoms with Gasteiger partial charge in [-0.1, -0.05) is 6.07 Å². The van der Waals surface area contributed by atoms with Crippen molar-refractivity contribution >= 4 is 5.84 Å². The summed E-state index contributed by atoms with van der Waals surface area (Å²) in [4.78, 5) is 1.75. The van der Waals surface area contributed by atoms with Crippen LogP contribution in [0.4, 0.5) is 8.78 Å². The molecule has 0 atom stereocenters. The van der Waals surface area contributed by atoms with Crippen LogP contribution in [0.2, 0.25) is 0 Å². The molecule has 0 heterocycles. The highest BCUT2D eigenvalue weighted by Gasteiger charge is 2.21. The first-order chi connectivity index (χ1) is 7.86. The Morgan fingerprint density at radius 2 is 1.65 bits per heavy atom. The number of hydrogen-bond donors (Lipinski definition) is 1. The molecule has 0 spiro atoms. The van der Waals surface area contributed by atoms with Crippen molar-refractivity contribution in [2.45, 2.75) is 39.8 Å². The van der Waals surface area contributed by atoms with Crippen molar-refractivity contribution in [3.05, 3.63) is 35.4 Å². The molecular weight excluding hydrogens is 222 g/mol.